The standard InChI is InChI=1S/C30H52O3/c1-19(2)10-9-14-30(8,33)20-11-16-29(7)25(20)21(31)18-23-27(5)15-13-24(32)26(3,4)22(27)12-17-28(23,29)6/h10,20-25,31-33H,9,11-18H2,1-8H3/t20-,21-,22+,23-,24-,25-,27+,28-,29-,30+/m1/s1. The fourth-order valence-electron chi connectivity index (χ4n) is 10.3. The lowest BCUT2D eigenvalue weighted by atomic mass is 9.35. The minimum Gasteiger partial charge on any atom is -0.393 e. The number of fused-ring (bicyclic) bond motifs is 5. The molecule has 0 saturated heterocycles. The Balaban J connectivity index is 1.66. The molecule has 4 saturated carbocycles. The number of hydrogen-bond acceptors (Lipinski definition) is 3. The first-order chi connectivity index (χ1) is 15.1. The molecule has 0 aromatic carbocycles. The van der Waals surface area contributed by atoms with E-state index < -0.39 is 5.60 Å². The van der Waals surface area contributed by atoms with Crippen molar-refractivity contribution in [3.63, 3.8) is 0 Å². The van der Waals surface area contributed by atoms with Crippen LogP contribution < -0.4 is 0 Å². The van der Waals surface area contributed by atoms with Crippen molar-refractivity contribution in [2.24, 2.45) is 45.3 Å². The van der Waals surface area contributed by atoms with Crippen molar-refractivity contribution in [3.8, 4) is 0 Å². The summed E-state index contributed by atoms with van der Waals surface area (Å²) in [5.41, 5.74) is 0.885. The van der Waals surface area contributed by atoms with Crippen LogP contribution in [0.3, 0.4) is 0 Å². The molecule has 0 heterocycles. The van der Waals surface area contributed by atoms with Gasteiger partial charge in [-0.15, -0.1) is 0 Å². The minimum absolute atomic E-state index is 0.0503. The van der Waals surface area contributed by atoms with E-state index in [1.807, 2.05) is 6.92 Å². The zero-order valence-electron chi connectivity index (χ0n) is 22.7. The van der Waals surface area contributed by atoms with E-state index in [-0.39, 0.29) is 45.7 Å². The van der Waals surface area contributed by atoms with Crippen molar-refractivity contribution < 1.29 is 15.3 Å². The molecule has 3 nitrogen and oxygen atoms in total. The topological polar surface area (TPSA) is 60.7 Å². The Kier molecular flexibility index (Phi) is 6.28. The summed E-state index contributed by atoms with van der Waals surface area (Å²) < 4.78 is 0. The average molecular weight is 461 g/mol. The Morgan fingerprint density at radius 1 is 0.909 bits per heavy atom. The van der Waals surface area contributed by atoms with E-state index in [0.717, 1.165) is 44.9 Å². The van der Waals surface area contributed by atoms with Crippen LogP contribution in [0.25, 0.3) is 0 Å². The normalized spacial score (nSPS) is 50.5. The maximum Gasteiger partial charge on any atom is 0.0654 e. The van der Waals surface area contributed by atoms with Crippen LogP contribution in [-0.4, -0.2) is 33.1 Å². The largest absolute Gasteiger partial charge is 0.393 e. The van der Waals surface area contributed by atoms with Gasteiger partial charge in [0.1, 0.15) is 0 Å². The van der Waals surface area contributed by atoms with Crippen LogP contribution in [0.4, 0.5) is 0 Å². The molecule has 0 aliphatic heterocycles. The Morgan fingerprint density at radius 2 is 1.55 bits per heavy atom. The second-order valence-corrected chi connectivity index (χ2v) is 14.5. The Bertz CT molecular complexity index is 779. The molecule has 4 fully saturated rings. The first kappa shape index (κ1) is 25.7. The fraction of sp³-hybridized carbons (Fsp3) is 0.933. The third-order valence-corrected chi connectivity index (χ3v) is 12.4. The van der Waals surface area contributed by atoms with Gasteiger partial charge in [-0.25, -0.2) is 0 Å². The summed E-state index contributed by atoms with van der Waals surface area (Å²) in [6.45, 7) is 18.3. The number of rotatable bonds is 4. The van der Waals surface area contributed by atoms with E-state index in [9.17, 15) is 15.3 Å². The molecule has 0 amide bonds. The molecule has 0 bridgehead atoms. The van der Waals surface area contributed by atoms with Gasteiger partial charge in [0.2, 0.25) is 0 Å². The highest BCUT2D eigenvalue weighted by Crippen LogP contribution is 2.75. The Hall–Kier alpha value is -0.380. The van der Waals surface area contributed by atoms with Gasteiger partial charge in [0.05, 0.1) is 17.8 Å². The quantitative estimate of drug-likeness (QED) is 0.420. The second-order valence-electron chi connectivity index (χ2n) is 14.5. The number of aliphatic hydroxyl groups excluding tert-OH is 2. The summed E-state index contributed by atoms with van der Waals surface area (Å²) in [6.07, 6.45) is 10.6. The van der Waals surface area contributed by atoms with Gasteiger partial charge in [-0.05, 0) is 124 Å². The highest BCUT2D eigenvalue weighted by atomic mass is 16.3. The molecule has 0 unspecified atom stereocenters. The van der Waals surface area contributed by atoms with Gasteiger partial charge in [-0.1, -0.05) is 46.3 Å². The van der Waals surface area contributed by atoms with Gasteiger partial charge in [-0.3, -0.25) is 0 Å². The molecule has 4 aliphatic rings. The van der Waals surface area contributed by atoms with Crippen LogP contribution in [0.5, 0.6) is 0 Å². The molecule has 33 heavy (non-hydrogen) atoms. The summed E-state index contributed by atoms with van der Waals surface area (Å²) in [5, 5.41) is 34.3. The zero-order chi connectivity index (χ0) is 24.6. The summed E-state index contributed by atoms with van der Waals surface area (Å²) >= 11 is 0. The Morgan fingerprint density at radius 3 is 2.18 bits per heavy atom. The molecular weight excluding hydrogens is 408 g/mol. The van der Waals surface area contributed by atoms with Gasteiger partial charge in [-0.2, -0.15) is 0 Å². The molecule has 0 radical (unpaired) electrons. The fourth-order valence-corrected chi connectivity index (χ4v) is 10.3. The molecule has 3 N–H and O–H groups in total. The lowest BCUT2D eigenvalue weighted by Gasteiger charge is -2.70. The van der Waals surface area contributed by atoms with E-state index >= 15 is 0 Å². The van der Waals surface area contributed by atoms with Crippen molar-refractivity contribution in [1.82, 2.24) is 0 Å². The van der Waals surface area contributed by atoms with E-state index in [1.54, 1.807) is 0 Å². The lowest BCUT2D eigenvalue weighted by Crippen LogP contribution is -2.66. The maximum absolute atomic E-state index is 11.8. The van der Waals surface area contributed by atoms with E-state index in [1.165, 1.54) is 18.4 Å². The summed E-state index contributed by atoms with van der Waals surface area (Å²) in [6, 6.07) is 0. The summed E-state index contributed by atoms with van der Waals surface area (Å²) in [4.78, 5) is 0. The predicted molar refractivity (Wildman–Crippen MR) is 136 cm³/mol. The van der Waals surface area contributed by atoms with Crippen molar-refractivity contribution in [2.45, 2.75) is 131 Å². The first-order valence-corrected chi connectivity index (χ1v) is 13.8. The first-order valence-electron chi connectivity index (χ1n) is 13.8. The van der Waals surface area contributed by atoms with Crippen molar-refractivity contribution in [1.29, 1.82) is 0 Å². The van der Waals surface area contributed by atoms with Crippen LogP contribution in [0.2, 0.25) is 0 Å². The number of aliphatic hydroxyl groups is 3. The zero-order valence-corrected chi connectivity index (χ0v) is 22.7. The smallest absolute Gasteiger partial charge is 0.0654 e. The molecule has 3 heteroatoms. The van der Waals surface area contributed by atoms with Crippen LogP contribution in [0, 0.1) is 45.3 Å². The molecule has 4 rings (SSSR count). The van der Waals surface area contributed by atoms with Crippen LogP contribution >= 0.6 is 0 Å². The lowest BCUT2D eigenvalue weighted by molar-refractivity contribution is -0.246. The third-order valence-electron chi connectivity index (χ3n) is 12.4. The van der Waals surface area contributed by atoms with Crippen LogP contribution in [0.1, 0.15) is 113 Å². The molecule has 190 valence electrons. The van der Waals surface area contributed by atoms with Gasteiger partial charge in [0, 0.05) is 0 Å². The van der Waals surface area contributed by atoms with Crippen molar-refractivity contribution in [2.75, 3.05) is 0 Å². The molecule has 0 aromatic heterocycles. The SMILES string of the molecule is CC(C)=CCC[C@](C)(O)[C@@H]1CC[C@]2(C)[C@H]1[C@H](O)C[C@@H]1[C@@]3(C)CC[C@@H](O)C(C)(C)[C@@H]3CC[C@]12C. The number of allylic oxidation sites excluding steroid dienone is 2. The van der Waals surface area contributed by atoms with Gasteiger partial charge in [0.15, 0.2) is 0 Å². The van der Waals surface area contributed by atoms with Crippen LogP contribution in [0.15, 0.2) is 11.6 Å². The average Bonchev–Trinajstić information content (AvgIpc) is 3.08. The molecule has 4 aliphatic carbocycles. The minimum atomic E-state index is -0.739. The highest BCUT2D eigenvalue weighted by molar-refractivity contribution is 5.20. The summed E-state index contributed by atoms with van der Waals surface area (Å²) in [7, 11) is 0. The van der Waals surface area contributed by atoms with Crippen LogP contribution in [-0.2, 0) is 0 Å². The molecule has 10 atom stereocenters. The maximum atomic E-state index is 11.8. The molecular formula is C30H52O3. The number of hydrogen-bond donors (Lipinski definition) is 3. The van der Waals surface area contributed by atoms with Gasteiger partial charge >= 0.3 is 0 Å². The molecule has 0 aromatic rings. The highest BCUT2D eigenvalue weighted by Gasteiger charge is 2.71. The Labute approximate surface area is 203 Å². The van der Waals surface area contributed by atoms with Crippen molar-refractivity contribution >= 4 is 0 Å². The second kappa shape index (κ2) is 8.07. The van der Waals surface area contributed by atoms with E-state index in [2.05, 4.69) is 54.5 Å². The van der Waals surface area contributed by atoms with Crippen molar-refractivity contribution in [3.05, 3.63) is 11.6 Å². The van der Waals surface area contributed by atoms with E-state index in [0.29, 0.717) is 11.8 Å². The predicted octanol–water partition coefficient (Wildman–Crippen LogP) is 6.50. The van der Waals surface area contributed by atoms with E-state index in [4.69, 9.17) is 0 Å². The third kappa shape index (κ3) is 3.61. The summed E-state index contributed by atoms with van der Waals surface area (Å²) in [5.74, 6) is 1.31. The molecule has 0 spiro atoms. The van der Waals surface area contributed by atoms with Gasteiger partial charge in [0.25, 0.3) is 0 Å². The van der Waals surface area contributed by atoms with Gasteiger partial charge < -0.3 is 15.3 Å². The monoisotopic (exact) mass is 460 g/mol.